The number of halogens is 1. The van der Waals surface area contributed by atoms with E-state index >= 15 is 0 Å². The Balaban J connectivity index is 1.62. The molecule has 0 fully saturated rings. The molecule has 0 radical (unpaired) electrons. The van der Waals surface area contributed by atoms with Crippen molar-refractivity contribution in [1.82, 2.24) is 9.97 Å². The van der Waals surface area contributed by atoms with E-state index in [1.54, 1.807) is 31.4 Å². The first-order valence-electron chi connectivity index (χ1n) is 9.69. The fraction of sp³-hybridized carbons (Fsp3) is 0.120. The van der Waals surface area contributed by atoms with Gasteiger partial charge >= 0.3 is 5.97 Å². The number of carbonyl (C=O) groups excluding carboxylic acids is 1. The lowest BCUT2D eigenvalue weighted by atomic mass is 10.1. The summed E-state index contributed by atoms with van der Waals surface area (Å²) >= 11 is 6.41. The molecular weight excluding hydrogens is 428 g/mol. The number of methoxy groups -OCH3 is 2. The quantitative estimate of drug-likeness (QED) is 0.330. The Morgan fingerprint density at radius 1 is 1.03 bits per heavy atom. The summed E-state index contributed by atoms with van der Waals surface area (Å²) in [5, 5.41) is 0.481. The van der Waals surface area contributed by atoms with Crippen LogP contribution >= 0.6 is 11.6 Å². The van der Waals surface area contributed by atoms with Gasteiger partial charge in [0.15, 0.2) is 0 Å². The van der Waals surface area contributed by atoms with Gasteiger partial charge in [-0.3, -0.25) is 0 Å². The minimum Gasteiger partial charge on any atom is -0.497 e. The van der Waals surface area contributed by atoms with Crippen molar-refractivity contribution in [3.05, 3.63) is 81.9 Å². The number of benzene rings is 3. The highest BCUT2D eigenvalue weighted by atomic mass is 35.5. The molecule has 32 heavy (non-hydrogen) atoms. The minimum atomic E-state index is -0.427. The monoisotopic (exact) mass is 446 g/mol. The van der Waals surface area contributed by atoms with Gasteiger partial charge in [0, 0.05) is 11.1 Å². The van der Waals surface area contributed by atoms with E-state index in [0.717, 1.165) is 22.4 Å². The normalized spacial score (nSPS) is 10.4. The molecule has 6 nitrogen and oxygen atoms in total. The third-order valence-electron chi connectivity index (χ3n) is 4.79. The molecule has 0 unspecified atom stereocenters. The largest absolute Gasteiger partial charge is 0.497 e. The summed E-state index contributed by atoms with van der Waals surface area (Å²) in [6, 6.07) is 16.5. The highest BCUT2D eigenvalue weighted by molar-refractivity contribution is 6.32. The van der Waals surface area contributed by atoms with E-state index in [0.29, 0.717) is 27.4 Å². The van der Waals surface area contributed by atoms with Gasteiger partial charge in [0.05, 0.1) is 35.8 Å². The van der Waals surface area contributed by atoms with Gasteiger partial charge in [-0.2, -0.15) is 4.98 Å². The molecule has 7 heteroatoms. The molecule has 1 aromatic heterocycles. The van der Waals surface area contributed by atoms with Crippen molar-refractivity contribution in [3.8, 4) is 29.4 Å². The summed E-state index contributed by atoms with van der Waals surface area (Å²) in [6.45, 7) is 1.83. The molecule has 0 saturated heterocycles. The first kappa shape index (κ1) is 21.3. The molecule has 0 saturated carbocycles. The lowest BCUT2D eigenvalue weighted by Crippen LogP contribution is -2.04. The molecule has 1 heterocycles. The van der Waals surface area contributed by atoms with Crippen LogP contribution in [0.5, 0.6) is 17.5 Å². The van der Waals surface area contributed by atoms with Crippen molar-refractivity contribution in [2.24, 2.45) is 0 Å². The van der Waals surface area contributed by atoms with Gasteiger partial charge in [0.2, 0.25) is 0 Å². The molecule has 0 atom stereocenters. The molecule has 160 valence electrons. The summed E-state index contributed by atoms with van der Waals surface area (Å²) in [4.78, 5) is 19.5. The molecule has 4 aromatic rings. The SMILES string of the molecule is COC(=O)c1cc(Oc2nc3cc(Cl)c(C#Cc4cccc(OC)c4)cc3[nH]2)ccc1C. The van der Waals surface area contributed by atoms with Gasteiger partial charge in [-0.1, -0.05) is 35.6 Å². The lowest BCUT2D eigenvalue weighted by molar-refractivity contribution is 0.0599. The van der Waals surface area contributed by atoms with Crippen LogP contribution in [0, 0.1) is 18.8 Å². The van der Waals surface area contributed by atoms with Crippen LogP contribution in [-0.4, -0.2) is 30.2 Å². The number of carbonyl (C=O) groups is 1. The Morgan fingerprint density at radius 2 is 1.88 bits per heavy atom. The molecule has 1 N–H and O–H groups in total. The van der Waals surface area contributed by atoms with Crippen LogP contribution in [0.2, 0.25) is 5.02 Å². The number of nitrogens with one attached hydrogen (secondary N) is 1. The predicted molar refractivity (Wildman–Crippen MR) is 123 cm³/mol. The Labute approximate surface area is 190 Å². The summed E-state index contributed by atoms with van der Waals surface area (Å²) < 4.78 is 15.9. The first-order valence-corrected chi connectivity index (χ1v) is 10.1. The second-order valence-electron chi connectivity index (χ2n) is 6.94. The number of ether oxygens (including phenoxy) is 3. The minimum absolute atomic E-state index is 0.272. The number of hydrogen-bond donors (Lipinski definition) is 1. The second-order valence-corrected chi connectivity index (χ2v) is 7.35. The number of fused-ring (bicyclic) bond motifs is 1. The van der Waals surface area contributed by atoms with Crippen LogP contribution in [0.1, 0.15) is 27.0 Å². The molecule has 0 amide bonds. The number of aryl methyl sites for hydroxylation is 1. The molecule has 0 spiro atoms. The van der Waals surface area contributed by atoms with E-state index in [1.807, 2.05) is 37.3 Å². The van der Waals surface area contributed by atoms with Crippen molar-refractivity contribution >= 4 is 28.6 Å². The van der Waals surface area contributed by atoms with E-state index in [4.69, 9.17) is 25.8 Å². The number of H-pyrrole nitrogens is 1. The Bertz CT molecular complexity index is 1380. The number of aromatic amines is 1. The van der Waals surface area contributed by atoms with Crippen LogP contribution in [0.25, 0.3) is 11.0 Å². The highest BCUT2D eigenvalue weighted by Gasteiger charge is 2.13. The summed E-state index contributed by atoms with van der Waals surface area (Å²) in [7, 11) is 2.95. The fourth-order valence-corrected chi connectivity index (χ4v) is 3.30. The molecule has 0 aliphatic heterocycles. The Morgan fingerprint density at radius 3 is 2.66 bits per heavy atom. The molecule has 0 aliphatic rings. The number of nitrogens with zero attached hydrogens (tertiary/aromatic N) is 1. The van der Waals surface area contributed by atoms with E-state index in [9.17, 15) is 4.79 Å². The summed E-state index contributed by atoms with van der Waals surface area (Å²) in [5.41, 5.74) is 4.05. The van der Waals surface area contributed by atoms with Crippen LogP contribution in [0.4, 0.5) is 0 Å². The van der Waals surface area contributed by atoms with Crippen molar-refractivity contribution in [2.75, 3.05) is 14.2 Å². The number of aromatic nitrogens is 2. The van der Waals surface area contributed by atoms with E-state index < -0.39 is 5.97 Å². The van der Waals surface area contributed by atoms with Gasteiger partial charge in [-0.05, 0) is 55.0 Å². The Kier molecular flexibility index (Phi) is 6.02. The summed E-state index contributed by atoms with van der Waals surface area (Å²) in [6.07, 6.45) is 0. The van der Waals surface area contributed by atoms with Crippen LogP contribution in [-0.2, 0) is 4.74 Å². The van der Waals surface area contributed by atoms with Crippen molar-refractivity contribution < 1.29 is 19.0 Å². The zero-order valence-corrected chi connectivity index (χ0v) is 18.4. The molecular formula is C25H19ClN2O4. The summed E-state index contributed by atoms with van der Waals surface area (Å²) in [5.74, 6) is 6.95. The Hall–Kier alpha value is -3.95. The van der Waals surface area contributed by atoms with Crippen LogP contribution in [0.3, 0.4) is 0 Å². The van der Waals surface area contributed by atoms with E-state index in [2.05, 4.69) is 21.8 Å². The predicted octanol–water partition coefficient (Wildman–Crippen LogP) is 5.51. The average Bonchev–Trinajstić information content (AvgIpc) is 3.19. The highest BCUT2D eigenvalue weighted by Crippen LogP contribution is 2.27. The third-order valence-corrected chi connectivity index (χ3v) is 5.10. The average molecular weight is 447 g/mol. The van der Waals surface area contributed by atoms with Gasteiger partial charge in [-0.15, -0.1) is 0 Å². The first-order chi connectivity index (χ1) is 15.5. The second kappa shape index (κ2) is 9.04. The molecule has 4 rings (SSSR count). The van der Waals surface area contributed by atoms with Crippen LogP contribution in [0.15, 0.2) is 54.6 Å². The van der Waals surface area contributed by atoms with Gasteiger partial charge < -0.3 is 19.2 Å². The number of esters is 1. The van der Waals surface area contributed by atoms with E-state index in [-0.39, 0.29) is 6.01 Å². The van der Waals surface area contributed by atoms with E-state index in [1.165, 1.54) is 7.11 Å². The zero-order valence-electron chi connectivity index (χ0n) is 17.7. The maximum atomic E-state index is 11.9. The number of hydrogen-bond acceptors (Lipinski definition) is 5. The van der Waals surface area contributed by atoms with Crippen molar-refractivity contribution in [2.45, 2.75) is 6.92 Å². The van der Waals surface area contributed by atoms with Crippen molar-refractivity contribution in [1.29, 1.82) is 0 Å². The topological polar surface area (TPSA) is 73.4 Å². The zero-order chi connectivity index (χ0) is 22.7. The third kappa shape index (κ3) is 4.53. The smallest absolute Gasteiger partial charge is 0.338 e. The number of rotatable bonds is 4. The van der Waals surface area contributed by atoms with Crippen LogP contribution < -0.4 is 9.47 Å². The lowest BCUT2D eigenvalue weighted by Gasteiger charge is -2.07. The molecule has 0 aliphatic carbocycles. The molecule has 0 bridgehead atoms. The maximum absolute atomic E-state index is 11.9. The van der Waals surface area contributed by atoms with Crippen molar-refractivity contribution in [3.63, 3.8) is 0 Å². The fourth-order valence-electron chi connectivity index (χ4n) is 3.10. The van der Waals surface area contributed by atoms with Gasteiger partial charge in [-0.25, -0.2) is 4.79 Å². The van der Waals surface area contributed by atoms with Gasteiger partial charge in [0.25, 0.3) is 6.01 Å². The maximum Gasteiger partial charge on any atom is 0.338 e. The standard InChI is InChI=1S/C25H19ClN2O4/c1-15-7-10-19(13-20(15)24(29)31-3)32-25-27-22-12-17(21(26)14-23(22)28-25)9-8-16-5-4-6-18(11-16)30-2/h4-7,10-14H,1-3H3,(H,27,28). The van der Waals surface area contributed by atoms with Gasteiger partial charge in [0.1, 0.15) is 11.5 Å². The molecule has 3 aromatic carbocycles. The number of imidazole rings is 1.